The van der Waals surface area contributed by atoms with Crippen molar-refractivity contribution >= 4 is 16.8 Å². The lowest BCUT2D eigenvalue weighted by Gasteiger charge is -2.16. The smallest absolute Gasteiger partial charge is 0.252 e. The van der Waals surface area contributed by atoms with E-state index in [4.69, 9.17) is 14.5 Å². The fourth-order valence-electron chi connectivity index (χ4n) is 3.78. The number of nitrogens with one attached hydrogen (secondary N) is 1. The minimum Gasteiger partial charge on any atom is -0.493 e. The molecule has 31 heavy (non-hydrogen) atoms. The number of nitrogens with zero attached hydrogens (tertiary/aromatic N) is 1. The molecule has 0 aliphatic heterocycles. The van der Waals surface area contributed by atoms with Gasteiger partial charge in [-0.25, -0.2) is 4.98 Å². The number of carbonyl (C=O) groups excluding carboxylic acids is 1. The molecule has 5 nitrogen and oxygen atoms in total. The average molecular weight is 421 g/mol. The molecule has 0 saturated heterocycles. The van der Waals surface area contributed by atoms with Crippen LogP contribution in [0.5, 0.6) is 11.5 Å². The van der Waals surface area contributed by atoms with Crippen molar-refractivity contribution in [2.45, 2.75) is 39.5 Å². The third-order valence-electron chi connectivity index (χ3n) is 5.73. The van der Waals surface area contributed by atoms with E-state index in [1.807, 2.05) is 48.5 Å². The number of unbranched alkanes of at least 4 members (excludes halogenated alkanes) is 1. The van der Waals surface area contributed by atoms with Gasteiger partial charge in [0.1, 0.15) is 0 Å². The number of carbonyl (C=O) groups is 1. The van der Waals surface area contributed by atoms with Crippen LogP contribution in [0.2, 0.25) is 0 Å². The van der Waals surface area contributed by atoms with Crippen LogP contribution in [0.4, 0.5) is 0 Å². The van der Waals surface area contributed by atoms with E-state index in [2.05, 4.69) is 19.2 Å². The lowest BCUT2D eigenvalue weighted by atomic mass is 9.99. The zero-order chi connectivity index (χ0) is 22.2. The molecule has 1 amide bonds. The minimum atomic E-state index is -0.0599. The van der Waals surface area contributed by atoms with Crippen LogP contribution in [-0.4, -0.2) is 31.7 Å². The van der Waals surface area contributed by atoms with Gasteiger partial charge in [-0.2, -0.15) is 0 Å². The standard InChI is InChI=1S/C26H32N2O3/c1-5-7-10-18(6-2)17-27-26(29)21-16-23(28-22-12-9-8-11-20(21)22)19-13-14-24(30-3)25(15-19)31-4/h8-9,11-16,18H,5-7,10,17H2,1-4H3,(H,27,29). The van der Waals surface area contributed by atoms with Crippen LogP contribution in [0.3, 0.4) is 0 Å². The van der Waals surface area contributed by atoms with Gasteiger partial charge in [-0.1, -0.05) is 51.3 Å². The molecule has 5 heteroatoms. The molecule has 3 aromatic rings. The molecule has 164 valence electrons. The summed E-state index contributed by atoms with van der Waals surface area (Å²) in [6, 6.07) is 15.3. The highest BCUT2D eigenvalue weighted by molar-refractivity contribution is 6.07. The predicted molar refractivity (Wildman–Crippen MR) is 126 cm³/mol. The summed E-state index contributed by atoms with van der Waals surface area (Å²) in [5.74, 6) is 1.72. The number of pyridine rings is 1. The predicted octanol–water partition coefficient (Wildman–Crippen LogP) is 5.87. The molecule has 1 unspecified atom stereocenters. The first-order chi connectivity index (χ1) is 15.1. The fraction of sp³-hybridized carbons (Fsp3) is 0.385. The number of ether oxygens (including phenoxy) is 2. The van der Waals surface area contributed by atoms with Crippen LogP contribution in [0.1, 0.15) is 49.9 Å². The highest BCUT2D eigenvalue weighted by Crippen LogP contribution is 2.33. The van der Waals surface area contributed by atoms with Gasteiger partial charge in [0.05, 0.1) is 31.0 Å². The number of hydrogen-bond acceptors (Lipinski definition) is 4. The number of methoxy groups -OCH3 is 2. The SMILES string of the molecule is CCCCC(CC)CNC(=O)c1cc(-c2ccc(OC)c(OC)c2)nc2ccccc12. The number of aromatic nitrogens is 1. The van der Waals surface area contributed by atoms with Crippen molar-refractivity contribution in [2.75, 3.05) is 20.8 Å². The Morgan fingerprint density at radius 2 is 1.81 bits per heavy atom. The Labute approximate surface area is 184 Å². The third kappa shape index (κ3) is 5.35. The molecule has 0 radical (unpaired) electrons. The lowest BCUT2D eigenvalue weighted by molar-refractivity contribution is 0.0947. The summed E-state index contributed by atoms with van der Waals surface area (Å²) in [6.07, 6.45) is 4.57. The molecule has 1 atom stereocenters. The minimum absolute atomic E-state index is 0.0599. The van der Waals surface area contributed by atoms with E-state index in [1.165, 1.54) is 12.8 Å². The van der Waals surface area contributed by atoms with Crippen LogP contribution in [0, 0.1) is 5.92 Å². The molecule has 0 bridgehead atoms. The van der Waals surface area contributed by atoms with Gasteiger partial charge in [-0.3, -0.25) is 4.79 Å². The first kappa shape index (κ1) is 22.6. The topological polar surface area (TPSA) is 60.5 Å². The molecule has 1 heterocycles. The number of hydrogen-bond donors (Lipinski definition) is 1. The maximum absolute atomic E-state index is 13.2. The molecular weight excluding hydrogens is 388 g/mol. The number of para-hydroxylation sites is 1. The summed E-state index contributed by atoms with van der Waals surface area (Å²) in [5.41, 5.74) is 3.02. The van der Waals surface area contributed by atoms with Crippen LogP contribution in [0.25, 0.3) is 22.2 Å². The molecule has 3 rings (SSSR count). The molecule has 1 aromatic heterocycles. The van der Waals surface area contributed by atoms with E-state index in [0.717, 1.165) is 35.0 Å². The summed E-state index contributed by atoms with van der Waals surface area (Å²) in [5, 5.41) is 4.01. The number of rotatable bonds is 10. The van der Waals surface area contributed by atoms with Gasteiger partial charge in [0, 0.05) is 17.5 Å². The summed E-state index contributed by atoms with van der Waals surface area (Å²) >= 11 is 0. The maximum Gasteiger partial charge on any atom is 0.252 e. The molecular formula is C26H32N2O3. The molecule has 1 N–H and O–H groups in total. The van der Waals surface area contributed by atoms with Crippen molar-refractivity contribution in [3.63, 3.8) is 0 Å². The highest BCUT2D eigenvalue weighted by atomic mass is 16.5. The molecule has 0 aliphatic carbocycles. The molecule has 2 aromatic carbocycles. The summed E-state index contributed by atoms with van der Waals surface area (Å²) in [6.45, 7) is 5.07. The van der Waals surface area contributed by atoms with E-state index >= 15 is 0 Å². The Balaban J connectivity index is 1.95. The zero-order valence-corrected chi connectivity index (χ0v) is 18.9. The van der Waals surface area contributed by atoms with Gasteiger partial charge in [0.2, 0.25) is 0 Å². The van der Waals surface area contributed by atoms with Crippen molar-refractivity contribution in [1.29, 1.82) is 0 Å². The highest BCUT2D eigenvalue weighted by Gasteiger charge is 2.16. The van der Waals surface area contributed by atoms with Crippen molar-refractivity contribution in [3.05, 3.63) is 54.1 Å². The van der Waals surface area contributed by atoms with Gasteiger partial charge in [0.15, 0.2) is 11.5 Å². The Kier molecular flexibility index (Phi) is 7.88. The van der Waals surface area contributed by atoms with Gasteiger partial charge in [0.25, 0.3) is 5.91 Å². The first-order valence-electron chi connectivity index (χ1n) is 11.0. The van der Waals surface area contributed by atoms with E-state index in [-0.39, 0.29) is 5.91 Å². The Bertz CT molecular complexity index is 1030. The van der Waals surface area contributed by atoms with E-state index < -0.39 is 0 Å². The van der Waals surface area contributed by atoms with Gasteiger partial charge < -0.3 is 14.8 Å². The van der Waals surface area contributed by atoms with E-state index in [1.54, 1.807) is 14.2 Å². The second-order valence-corrected chi connectivity index (χ2v) is 7.77. The van der Waals surface area contributed by atoms with Crippen molar-refractivity contribution in [1.82, 2.24) is 10.3 Å². The summed E-state index contributed by atoms with van der Waals surface area (Å²) in [4.78, 5) is 18.0. The van der Waals surface area contributed by atoms with Crippen molar-refractivity contribution in [2.24, 2.45) is 5.92 Å². The zero-order valence-electron chi connectivity index (χ0n) is 18.9. The first-order valence-corrected chi connectivity index (χ1v) is 11.0. The second kappa shape index (κ2) is 10.8. The van der Waals surface area contributed by atoms with Crippen LogP contribution in [0.15, 0.2) is 48.5 Å². The van der Waals surface area contributed by atoms with Crippen LogP contribution in [-0.2, 0) is 0 Å². The van der Waals surface area contributed by atoms with Crippen molar-refractivity contribution < 1.29 is 14.3 Å². The van der Waals surface area contributed by atoms with Crippen LogP contribution >= 0.6 is 0 Å². The Morgan fingerprint density at radius 3 is 2.52 bits per heavy atom. The Hall–Kier alpha value is -3.08. The summed E-state index contributed by atoms with van der Waals surface area (Å²) in [7, 11) is 3.22. The quantitative estimate of drug-likeness (QED) is 0.446. The largest absolute Gasteiger partial charge is 0.493 e. The number of fused-ring (bicyclic) bond motifs is 1. The fourth-order valence-corrected chi connectivity index (χ4v) is 3.78. The number of benzene rings is 2. The number of amides is 1. The monoisotopic (exact) mass is 420 g/mol. The van der Waals surface area contributed by atoms with Gasteiger partial charge >= 0.3 is 0 Å². The maximum atomic E-state index is 13.2. The van der Waals surface area contributed by atoms with E-state index in [0.29, 0.717) is 29.5 Å². The lowest BCUT2D eigenvalue weighted by Crippen LogP contribution is -2.29. The normalized spacial score (nSPS) is 11.9. The van der Waals surface area contributed by atoms with Gasteiger partial charge in [-0.15, -0.1) is 0 Å². The molecule has 0 saturated carbocycles. The molecule has 0 fully saturated rings. The third-order valence-corrected chi connectivity index (χ3v) is 5.73. The molecule has 0 aliphatic rings. The average Bonchev–Trinajstić information content (AvgIpc) is 2.82. The summed E-state index contributed by atoms with van der Waals surface area (Å²) < 4.78 is 10.8. The Morgan fingerprint density at radius 1 is 1.03 bits per heavy atom. The van der Waals surface area contributed by atoms with Crippen molar-refractivity contribution in [3.8, 4) is 22.8 Å². The molecule has 0 spiro atoms. The van der Waals surface area contributed by atoms with Crippen LogP contribution < -0.4 is 14.8 Å². The van der Waals surface area contributed by atoms with Gasteiger partial charge in [-0.05, 0) is 42.7 Å². The second-order valence-electron chi connectivity index (χ2n) is 7.77. The van der Waals surface area contributed by atoms with E-state index in [9.17, 15) is 4.79 Å².